The summed E-state index contributed by atoms with van der Waals surface area (Å²) >= 11 is 0. The molecule has 1 heterocycles. The number of terminal acetylenes is 1. The van der Waals surface area contributed by atoms with E-state index in [1.807, 2.05) is 6.92 Å². The van der Waals surface area contributed by atoms with Crippen molar-refractivity contribution in [2.75, 3.05) is 6.61 Å². The van der Waals surface area contributed by atoms with Gasteiger partial charge in [0.2, 0.25) is 0 Å². The van der Waals surface area contributed by atoms with E-state index in [1.54, 1.807) is 0 Å². The molecule has 1 fully saturated rings. The molecule has 1 saturated heterocycles. The number of aliphatic hydroxyl groups excluding tert-OH is 1. The molecule has 2 heteroatoms. The van der Waals surface area contributed by atoms with Gasteiger partial charge in [-0.3, -0.25) is 0 Å². The van der Waals surface area contributed by atoms with E-state index in [-0.39, 0.29) is 18.1 Å². The first-order valence-electron chi connectivity index (χ1n) is 3.97. The van der Waals surface area contributed by atoms with Gasteiger partial charge in [-0.05, 0) is 13.3 Å². The first-order valence-corrected chi connectivity index (χ1v) is 3.97. The van der Waals surface area contributed by atoms with Gasteiger partial charge in [-0.15, -0.1) is 12.3 Å². The summed E-state index contributed by atoms with van der Waals surface area (Å²) in [6.45, 7) is 2.67. The van der Waals surface area contributed by atoms with Crippen LogP contribution in [0.2, 0.25) is 0 Å². The normalized spacial score (nSPS) is 33.2. The summed E-state index contributed by atoms with van der Waals surface area (Å²) in [7, 11) is 0. The molecule has 11 heavy (non-hydrogen) atoms. The Bertz CT molecular complexity index is 159. The van der Waals surface area contributed by atoms with Crippen molar-refractivity contribution in [2.45, 2.75) is 32.0 Å². The fourth-order valence-electron chi connectivity index (χ4n) is 1.41. The number of aliphatic hydroxyl groups is 1. The van der Waals surface area contributed by atoms with Crippen LogP contribution >= 0.6 is 0 Å². The van der Waals surface area contributed by atoms with Crippen LogP contribution in [0.15, 0.2) is 0 Å². The molecule has 0 amide bonds. The predicted molar refractivity (Wildman–Crippen MR) is 43.0 cm³/mol. The quantitative estimate of drug-likeness (QED) is 0.596. The van der Waals surface area contributed by atoms with Gasteiger partial charge in [-0.1, -0.05) is 0 Å². The predicted octanol–water partition coefficient (Wildman–Crippen LogP) is 0.796. The molecule has 62 valence electrons. The highest BCUT2D eigenvalue weighted by molar-refractivity contribution is 4.90. The Morgan fingerprint density at radius 3 is 3.00 bits per heavy atom. The van der Waals surface area contributed by atoms with Crippen LogP contribution in [-0.4, -0.2) is 23.9 Å². The largest absolute Gasteiger partial charge is 0.392 e. The Morgan fingerprint density at radius 1 is 1.82 bits per heavy atom. The average Bonchev–Trinajstić information content (AvgIpc) is 2.36. The fourth-order valence-corrected chi connectivity index (χ4v) is 1.41. The maximum absolute atomic E-state index is 9.44. The molecule has 0 bridgehead atoms. The van der Waals surface area contributed by atoms with E-state index in [1.165, 1.54) is 0 Å². The van der Waals surface area contributed by atoms with E-state index >= 15 is 0 Å². The minimum Gasteiger partial charge on any atom is -0.392 e. The summed E-state index contributed by atoms with van der Waals surface area (Å²) in [5, 5.41) is 9.44. The van der Waals surface area contributed by atoms with Crippen LogP contribution < -0.4 is 0 Å². The molecule has 1 N–H and O–H groups in total. The SMILES string of the molecule is C#CCC(O)C1COC(C)C1. The average molecular weight is 154 g/mol. The number of hydrogen-bond donors (Lipinski definition) is 1. The van der Waals surface area contributed by atoms with Crippen molar-refractivity contribution < 1.29 is 9.84 Å². The van der Waals surface area contributed by atoms with E-state index in [0.717, 1.165) is 6.42 Å². The van der Waals surface area contributed by atoms with E-state index in [2.05, 4.69) is 5.92 Å². The molecule has 0 aromatic carbocycles. The van der Waals surface area contributed by atoms with Gasteiger partial charge in [0.05, 0.1) is 18.8 Å². The third-order valence-corrected chi connectivity index (χ3v) is 2.10. The Balaban J connectivity index is 2.32. The monoisotopic (exact) mass is 154 g/mol. The second-order valence-electron chi connectivity index (χ2n) is 3.12. The zero-order valence-electron chi connectivity index (χ0n) is 6.79. The Kier molecular flexibility index (Phi) is 2.92. The van der Waals surface area contributed by atoms with E-state index in [9.17, 15) is 5.11 Å². The lowest BCUT2D eigenvalue weighted by Crippen LogP contribution is -2.19. The Labute approximate surface area is 67.6 Å². The molecule has 0 radical (unpaired) electrons. The summed E-state index contributed by atoms with van der Waals surface area (Å²) in [4.78, 5) is 0. The van der Waals surface area contributed by atoms with Crippen molar-refractivity contribution in [3.63, 3.8) is 0 Å². The molecule has 3 unspecified atom stereocenters. The Hall–Kier alpha value is -0.520. The molecule has 0 aliphatic carbocycles. The number of rotatable bonds is 2. The second kappa shape index (κ2) is 3.75. The smallest absolute Gasteiger partial charge is 0.0700 e. The maximum Gasteiger partial charge on any atom is 0.0700 e. The van der Waals surface area contributed by atoms with Crippen LogP contribution in [0, 0.1) is 18.3 Å². The molecule has 3 atom stereocenters. The minimum absolute atomic E-state index is 0.251. The molecule has 2 nitrogen and oxygen atoms in total. The molecule has 1 aliphatic heterocycles. The van der Waals surface area contributed by atoms with Crippen molar-refractivity contribution in [1.29, 1.82) is 0 Å². The van der Waals surface area contributed by atoms with Gasteiger partial charge in [0.15, 0.2) is 0 Å². The molecule has 0 aromatic rings. The second-order valence-corrected chi connectivity index (χ2v) is 3.12. The third-order valence-electron chi connectivity index (χ3n) is 2.10. The lowest BCUT2D eigenvalue weighted by molar-refractivity contribution is 0.0831. The van der Waals surface area contributed by atoms with Crippen LogP contribution in [0.25, 0.3) is 0 Å². The van der Waals surface area contributed by atoms with E-state index < -0.39 is 0 Å². The lowest BCUT2D eigenvalue weighted by atomic mass is 9.97. The van der Waals surface area contributed by atoms with Crippen LogP contribution in [0.5, 0.6) is 0 Å². The Morgan fingerprint density at radius 2 is 2.55 bits per heavy atom. The minimum atomic E-state index is -0.370. The highest BCUT2D eigenvalue weighted by atomic mass is 16.5. The molecule has 0 spiro atoms. The maximum atomic E-state index is 9.44. The topological polar surface area (TPSA) is 29.5 Å². The van der Waals surface area contributed by atoms with Crippen molar-refractivity contribution in [2.24, 2.45) is 5.92 Å². The van der Waals surface area contributed by atoms with Gasteiger partial charge in [-0.2, -0.15) is 0 Å². The van der Waals surface area contributed by atoms with Crippen molar-refractivity contribution in [3.8, 4) is 12.3 Å². The summed E-state index contributed by atoms with van der Waals surface area (Å²) in [6, 6.07) is 0. The first-order chi connectivity index (χ1) is 5.24. The third kappa shape index (κ3) is 2.21. The van der Waals surface area contributed by atoms with Gasteiger partial charge in [0, 0.05) is 12.3 Å². The summed E-state index contributed by atoms with van der Waals surface area (Å²) in [5.74, 6) is 2.70. The lowest BCUT2D eigenvalue weighted by Gasteiger charge is -2.12. The van der Waals surface area contributed by atoms with Crippen molar-refractivity contribution >= 4 is 0 Å². The standard InChI is InChI=1S/C9H14O2/c1-3-4-9(10)8-5-7(2)11-6-8/h1,7-10H,4-6H2,2H3. The highest BCUT2D eigenvalue weighted by Gasteiger charge is 2.27. The van der Waals surface area contributed by atoms with Crippen molar-refractivity contribution in [1.82, 2.24) is 0 Å². The molecule has 0 saturated carbocycles. The molecule has 1 rings (SSSR count). The van der Waals surface area contributed by atoms with Gasteiger partial charge >= 0.3 is 0 Å². The zero-order chi connectivity index (χ0) is 8.27. The number of hydrogen-bond acceptors (Lipinski definition) is 2. The van der Waals surface area contributed by atoms with Crippen LogP contribution in [0.3, 0.4) is 0 Å². The van der Waals surface area contributed by atoms with Crippen LogP contribution in [0.1, 0.15) is 19.8 Å². The molecular formula is C9H14O2. The molecule has 0 aromatic heterocycles. The molecule has 1 aliphatic rings. The highest BCUT2D eigenvalue weighted by Crippen LogP contribution is 2.23. The van der Waals surface area contributed by atoms with Gasteiger partial charge < -0.3 is 9.84 Å². The van der Waals surface area contributed by atoms with Gasteiger partial charge in [0.1, 0.15) is 0 Å². The fraction of sp³-hybridized carbons (Fsp3) is 0.778. The molecular weight excluding hydrogens is 140 g/mol. The summed E-state index contributed by atoms with van der Waals surface area (Å²) in [5.41, 5.74) is 0. The zero-order valence-corrected chi connectivity index (χ0v) is 6.79. The number of ether oxygens (including phenoxy) is 1. The van der Waals surface area contributed by atoms with E-state index in [4.69, 9.17) is 11.2 Å². The van der Waals surface area contributed by atoms with Crippen molar-refractivity contribution in [3.05, 3.63) is 0 Å². The van der Waals surface area contributed by atoms with Crippen LogP contribution in [0.4, 0.5) is 0 Å². The summed E-state index contributed by atoms with van der Waals surface area (Å²) in [6.07, 6.45) is 6.37. The van der Waals surface area contributed by atoms with Gasteiger partial charge in [0.25, 0.3) is 0 Å². The van der Waals surface area contributed by atoms with Gasteiger partial charge in [-0.25, -0.2) is 0 Å². The van der Waals surface area contributed by atoms with E-state index in [0.29, 0.717) is 13.0 Å². The van der Waals surface area contributed by atoms with Crippen LogP contribution in [-0.2, 0) is 4.74 Å². The first kappa shape index (κ1) is 8.58. The summed E-state index contributed by atoms with van der Waals surface area (Å²) < 4.78 is 5.30.